The van der Waals surface area contributed by atoms with Gasteiger partial charge >= 0.3 is 0 Å². The van der Waals surface area contributed by atoms with Crippen molar-refractivity contribution in [1.82, 2.24) is 14.5 Å². The Balaban J connectivity index is 1.67. The molecule has 0 radical (unpaired) electrons. The van der Waals surface area contributed by atoms with Crippen molar-refractivity contribution in [3.05, 3.63) is 88.4 Å². The molecule has 1 amide bonds. The first-order valence-corrected chi connectivity index (χ1v) is 12.0. The molecule has 1 saturated heterocycles. The van der Waals surface area contributed by atoms with Crippen LogP contribution in [0.15, 0.2) is 77.3 Å². The number of Topliss-reactive ketones (excluding diaryl/α,β-unsaturated/α-hetero) is 1. The highest BCUT2D eigenvalue weighted by molar-refractivity contribution is 9.10. The molecular weight excluding hydrogens is 498 g/mol. The number of aromatic nitrogens is 2. The topological polar surface area (TPSA) is 84.7 Å². The van der Waals surface area contributed by atoms with Gasteiger partial charge in [0.05, 0.1) is 24.5 Å². The number of likely N-dealkylation sites (tertiary alicyclic amines) is 1. The molecule has 1 N–H and O–H groups in total. The number of halogens is 1. The van der Waals surface area contributed by atoms with E-state index < -0.39 is 17.7 Å². The maximum absolute atomic E-state index is 13.1. The molecule has 0 bridgehead atoms. The van der Waals surface area contributed by atoms with E-state index in [0.717, 1.165) is 16.5 Å². The fourth-order valence-corrected chi connectivity index (χ4v) is 4.29. The number of hydrogen-bond acceptors (Lipinski definition) is 5. The number of ketones is 1. The van der Waals surface area contributed by atoms with E-state index in [4.69, 9.17) is 4.74 Å². The van der Waals surface area contributed by atoms with E-state index >= 15 is 0 Å². The Kier molecular flexibility index (Phi) is 7.47. The molecule has 1 unspecified atom stereocenters. The average molecular weight is 524 g/mol. The monoisotopic (exact) mass is 523 g/mol. The van der Waals surface area contributed by atoms with Crippen LogP contribution in [0.2, 0.25) is 0 Å². The number of ether oxygens (including phenoxy) is 1. The molecule has 0 spiro atoms. The van der Waals surface area contributed by atoms with E-state index in [0.29, 0.717) is 37.4 Å². The maximum atomic E-state index is 13.1. The predicted molar refractivity (Wildman–Crippen MR) is 132 cm³/mol. The van der Waals surface area contributed by atoms with Crippen LogP contribution in [0, 0.1) is 0 Å². The number of nitrogens with zero attached hydrogens (tertiary/aromatic N) is 3. The Morgan fingerprint density at radius 1 is 1.09 bits per heavy atom. The number of carbonyl (C=O) groups excluding carboxylic acids is 2. The molecule has 1 atom stereocenters. The van der Waals surface area contributed by atoms with Crippen molar-refractivity contribution < 1.29 is 19.4 Å². The van der Waals surface area contributed by atoms with Gasteiger partial charge in [0.2, 0.25) is 0 Å². The zero-order chi connectivity index (χ0) is 24.1. The Morgan fingerprint density at radius 2 is 1.82 bits per heavy atom. The standard InChI is InChI=1S/C26H26BrN3O4/c1-2-16-34-21-10-6-19(7-11-21)24(31)22-23(18-4-8-20(27)9-5-18)30(26(33)25(22)32)14-3-13-29-15-12-28-17-29/h4-12,15,17,23,31H,2-3,13-14,16H2,1H3/b24-22-. The first-order chi connectivity index (χ1) is 16.5. The summed E-state index contributed by atoms with van der Waals surface area (Å²) in [5.41, 5.74) is 1.31. The lowest BCUT2D eigenvalue weighted by Crippen LogP contribution is -2.31. The highest BCUT2D eigenvalue weighted by atomic mass is 79.9. The first-order valence-electron chi connectivity index (χ1n) is 11.2. The summed E-state index contributed by atoms with van der Waals surface area (Å²) < 4.78 is 8.42. The molecule has 176 valence electrons. The van der Waals surface area contributed by atoms with Crippen LogP contribution in [0.25, 0.3) is 5.76 Å². The van der Waals surface area contributed by atoms with E-state index in [1.54, 1.807) is 41.7 Å². The quantitative estimate of drug-likeness (QED) is 0.243. The lowest BCUT2D eigenvalue weighted by atomic mass is 9.95. The normalized spacial score (nSPS) is 17.4. The zero-order valence-corrected chi connectivity index (χ0v) is 20.4. The molecule has 1 aliphatic heterocycles. The van der Waals surface area contributed by atoms with Crippen LogP contribution in [0.5, 0.6) is 5.75 Å². The van der Waals surface area contributed by atoms with Crippen molar-refractivity contribution >= 4 is 33.4 Å². The van der Waals surface area contributed by atoms with Crippen LogP contribution in [0.4, 0.5) is 0 Å². The summed E-state index contributed by atoms with van der Waals surface area (Å²) in [7, 11) is 0. The first kappa shape index (κ1) is 23.8. The molecule has 3 aromatic rings. The summed E-state index contributed by atoms with van der Waals surface area (Å²) in [4.78, 5) is 31.8. The second-order valence-corrected chi connectivity index (χ2v) is 8.99. The van der Waals surface area contributed by atoms with E-state index in [2.05, 4.69) is 20.9 Å². The Hall–Kier alpha value is -3.39. The second kappa shape index (κ2) is 10.7. The van der Waals surface area contributed by atoms with Gasteiger partial charge < -0.3 is 19.3 Å². The van der Waals surface area contributed by atoms with Crippen LogP contribution in [0.3, 0.4) is 0 Å². The second-order valence-electron chi connectivity index (χ2n) is 8.07. The van der Waals surface area contributed by atoms with Crippen molar-refractivity contribution in [3.63, 3.8) is 0 Å². The minimum atomic E-state index is -0.681. The molecule has 2 heterocycles. The van der Waals surface area contributed by atoms with Crippen molar-refractivity contribution in [2.24, 2.45) is 0 Å². The zero-order valence-electron chi connectivity index (χ0n) is 18.9. The number of benzene rings is 2. The van der Waals surface area contributed by atoms with E-state index in [9.17, 15) is 14.7 Å². The third-order valence-electron chi connectivity index (χ3n) is 5.70. The molecule has 4 rings (SSSR count). The van der Waals surface area contributed by atoms with Crippen molar-refractivity contribution in [2.75, 3.05) is 13.2 Å². The Morgan fingerprint density at radius 3 is 2.47 bits per heavy atom. The maximum Gasteiger partial charge on any atom is 0.295 e. The van der Waals surface area contributed by atoms with Crippen molar-refractivity contribution in [3.8, 4) is 5.75 Å². The minimum Gasteiger partial charge on any atom is -0.507 e. The van der Waals surface area contributed by atoms with Gasteiger partial charge in [0.1, 0.15) is 11.5 Å². The Bertz CT molecular complexity index is 1170. The number of hydrogen-bond donors (Lipinski definition) is 1. The molecule has 34 heavy (non-hydrogen) atoms. The third-order valence-corrected chi connectivity index (χ3v) is 6.23. The largest absolute Gasteiger partial charge is 0.507 e. The van der Waals surface area contributed by atoms with Crippen LogP contribution in [-0.2, 0) is 16.1 Å². The van der Waals surface area contributed by atoms with Gasteiger partial charge in [-0.1, -0.05) is 35.0 Å². The molecule has 8 heteroatoms. The highest BCUT2D eigenvalue weighted by Crippen LogP contribution is 2.40. The SMILES string of the molecule is CCCOc1ccc(/C(O)=C2/C(=O)C(=O)N(CCCn3ccnc3)C2c2ccc(Br)cc2)cc1. The number of imidazole rings is 1. The average Bonchev–Trinajstić information content (AvgIpc) is 3.45. The van der Waals surface area contributed by atoms with Crippen molar-refractivity contribution in [2.45, 2.75) is 32.4 Å². The summed E-state index contributed by atoms with van der Waals surface area (Å²) in [6.07, 6.45) is 6.80. The lowest BCUT2D eigenvalue weighted by Gasteiger charge is -2.25. The summed E-state index contributed by atoms with van der Waals surface area (Å²) in [6, 6.07) is 13.7. The van der Waals surface area contributed by atoms with Crippen LogP contribution >= 0.6 is 15.9 Å². The number of aryl methyl sites for hydroxylation is 1. The molecular formula is C26H26BrN3O4. The minimum absolute atomic E-state index is 0.0946. The number of amides is 1. The fourth-order valence-electron chi connectivity index (χ4n) is 4.03. The van der Waals surface area contributed by atoms with Crippen molar-refractivity contribution in [1.29, 1.82) is 0 Å². The molecule has 2 aromatic carbocycles. The van der Waals surface area contributed by atoms with Gasteiger partial charge in [-0.25, -0.2) is 4.98 Å². The molecule has 1 fully saturated rings. The number of aliphatic hydroxyl groups is 1. The summed E-state index contributed by atoms with van der Waals surface area (Å²) in [5, 5.41) is 11.2. The molecule has 0 aliphatic carbocycles. The van der Waals surface area contributed by atoms with E-state index in [-0.39, 0.29) is 11.3 Å². The summed E-state index contributed by atoms with van der Waals surface area (Å²) in [6.45, 7) is 3.65. The van der Waals surface area contributed by atoms with Gasteiger partial charge in [0, 0.05) is 35.5 Å². The summed E-state index contributed by atoms with van der Waals surface area (Å²) in [5.74, 6) is -0.796. The Labute approximate surface area is 206 Å². The number of rotatable bonds is 9. The van der Waals surface area contributed by atoms with Gasteiger partial charge in [0.25, 0.3) is 11.7 Å². The highest BCUT2D eigenvalue weighted by Gasteiger charge is 2.45. The molecule has 0 saturated carbocycles. The van der Waals surface area contributed by atoms with Gasteiger partial charge in [-0.15, -0.1) is 0 Å². The van der Waals surface area contributed by atoms with Gasteiger partial charge in [-0.05, 0) is 54.8 Å². The van der Waals surface area contributed by atoms with Gasteiger partial charge in [0.15, 0.2) is 0 Å². The van der Waals surface area contributed by atoms with E-state index in [1.165, 1.54) is 0 Å². The molecule has 1 aromatic heterocycles. The smallest absolute Gasteiger partial charge is 0.295 e. The predicted octanol–water partition coefficient (Wildman–Crippen LogP) is 4.95. The lowest BCUT2D eigenvalue weighted by molar-refractivity contribution is -0.139. The van der Waals surface area contributed by atoms with Crippen LogP contribution < -0.4 is 4.74 Å². The number of aliphatic hydroxyl groups excluding tert-OH is 1. The van der Waals surface area contributed by atoms with E-state index in [1.807, 2.05) is 42.0 Å². The summed E-state index contributed by atoms with van der Waals surface area (Å²) >= 11 is 3.43. The van der Waals surface area contributed by atoms with Crippen LogP contribution in [0.1, 0.15) is 36.9 Å². The molecule has 7 nitrogen and oxygen atoms in total. The third kappa shape index (κ3) is 5.07. The fraction of sp³-hybridized carbons (Fsp3) is 0.269. The van der Waals surface area contributed by atoms with Gasteiger partial charge in [-0.3, -0.25) is 9.59 Å². The van der Waals surface area contributed by atoms with Gasteiger partial charge in [-0.2, -0.15) is 0 Å². The van der Waals surface area contributed by atoms with Crippen LogP contribution in [-0.4, -0.2) is 44.4 Å². The number of carbonyl (C=O) groups is 2. The molecule has 1 aliphatic rings.